The molecule has 1 unspecified atom stereocenters. The molecule has 0 aromatic heterocycles. The SMILES string of the molecule is CCCP(=O)(OCC)OC1=CC=C(N)CC1. The minimum Gasteiger partial charge on any atom is -0.429 e. The van der Waals surface area contributed by atoms with Gasteiger partial charge >= 0.3 is 7.60 Å². The van der Waals surface area contributed by atoms with Crippen LogP contribution in [0.1, 0.15) is 33.1 Å². The van der Waals surface area contributed by atoms with Crippen molar-refractivity contribution < 1.29 is 13.6 Å². The fourth-order valence-electron chi connectivity index (χ4n) is 1.50. The largest absolute Gasteiger partial charge is 0.429 e. The highest BCUT2D eigenvalue weighted by molar-refractivity contribution is 7.53. The van der Waals surface area contributed by atoms with E-state index < -0.39 is 7.60 Å². The molecule has 0 aliphatic heterocycles. The molecule has 0 spiro atoms. The predicted molar refractivity (Wildman–Crippen MR) is 65.1 cm³/mol. The Hall–Kier alpha value is -0.730. The van der Waals surface area contributed by atoms with E-state index in [1.165, 1.54) is 0 Å². The number of hydrogen-bond donors (Lipinski definition) is 1. The van der Waals surface area contributed by atoms with E-state index >= 15 is 0 Å². The highest BCUT2D eigenvalue weighted by atomic mass is 31.2. The molecular formula is C11H20NO3P. The van der Waals surface area contributed by atoms with Gasteiger partial charge in [-0.25, -0.2) is 4.57 Å². The van der Waals surface area contributed by atoms with Crippen molar-refractivity contribution in [2.75, 3.05) is 12.8 Å². The first-order valence-corrected chi connectivity index (χ1v) is 7.41. The molecule has 0 bridgehead atoms. The molecule has 1 atom stereocenters. The predicted octanol–water partition coefficient (Wildman–Crippen LogP) is 3.16. The maximum absolute atomic E-state index is 12.2. The standard InChI is InChI=1S/C11H20NO3P/c1-3-9-16(13,14-4-2)15-11-7-5-10(12)6-8-11/h5,7H,3-4,6,8-9,12H2,1-2H3. The first-order chi connectivity index (χ1) is 7.59. The molecule has 1 rings (SSSR count). The summed E-state index contributed by atoms with van der Waals surface area (Å²) in [6.45, 7) is 4.18. The minimum atomic E-state index is -2.95. The summed E-state index contributed by atoms with van der Waals surface area (Å²) in [4.78, 5) is 0. The molecule has 0 aromatic carbocycles. The highest BCUT2D eigenvalue weighted by Crippen LogP contribution is 2.51. The molecule has 2 N–H and O–H groups in total. The van der Waals surface area contributed by atoms with Crippen LogP contribution in [0.25, 0.3) is 0 Å². The van der Waals surface area contributed by atoms with Crippen LogP contribution in [0.2, 0.25) is 0 Å². The third kappa shape index (κ3) is 4.03. The third-order valence-corrected chi connectivity index (χ3v) is 4.38. The van der Waals surface area contributed by atoms with Crippen molar-refractivity contribution in [2.24, 2.45) is 5.73 Å². The van der Waals surface area contributed by atoms with Crippen LogP contribution in [0.4, 0.5) is 0 Å². The van der Waals surface area contributed by atoms with Crippen molar-refractivity contribution in [2.45, 2.75) is 33.1 Å². The van der Waals surface area contributed by atoms with Gasteiger partial charge in [0.05, 0.1) is 12.8 Å². The zero-order chi connectivity index (χ0) is 12.0. The van der Waals surface area contributed by atoms with Gasteiger partial charge < -0.3 is 14.8 Å². The molecule has 0 aromatic rings. The molecular weight excluding hydrogens is 225 g/mol. The summed E-state index contributed by atoms with van der Waals surface area (Å²) in [5, 5.41) is 0. The minimum absolute atomic E-state index is 0.405. The van der Waals surface area contributed by atoms with E-state index in [0.717, 1.165) is 18.5 Å². The number of rotatable bonds is 6. The van der Waals surface area contributed by atoms with Crippen molar-refractivity contribution in [3.63, 3.8) is 0 Å². The Morgan fingerprint density at radius 3 is 2.62 bits per heavy atom. The molecule has 16 heavy (non-hydrogen) atoms. The maximum atomic E-state index is 12.2. The van der Waals surface area contributed by atoms with Gasteiger partial charge in [0.1, 0.15) is 5.76 Å². The van der Waals surface area contributed by atoms with Crippen molar-refractivity contribution in [1.82, 2.24) is 0 Å². The Labute approximate surface area is 97.0 Å². The number of allylic oxidation sites excluding steroid dienone is 4. The Morgan fingerprint density at radius 1 is 1.38 bits per heavy atom. The van der Waals surface area contributed by atoms with E-state index in [1.807, 2.05) is 13.8 Å². The zero-order valence-corrected chi connectivity index (χ0v) is 10.8. The summed E-state index contributed by atoms with van der Waals surface area (Å²) in [7, 11) is -2.95. The van der Waals surface area contributed by atoms with Gasteiger partial charge in [-0.2, -0.15) is 0 Å². The molecule has 0 heterocycles. The van der Waals surface area contributed by atoms with Crippen LogP contribution < -0.4 is 5.73 Å². The lowest BCUT2D eigenvalue weighted by molar-refractivity contribution is 0.244. The molecule has 0 amide bonds. The first-order valence-electron chi connectivity index (χ1n) is 5.68. The molecule has 0 saturated heterocycles. The first kappa shape index (κ1) is 13.3. The summed E-state index contributed by atoms with van der Waals surface area (Å²) in [6, 6.07) is 0. The van der Waals surface area contributed by atoms with Gasteiger partial charge in [-0.3, -0.25) is 0 Å². The van der Waals surface area contributed by atoms with E-state index in [4.69, 9.17) is 14.8 Å². The second-order valence-electron chi connectivity index (χ2n) is 3.72. The van der Waals surface area contributed by atoms with Gasteiger partial charge in [-0.1, -0.05) is 6.92 Å². The van der Waals surface area contributed by atoms with Crippen molar-refractivity contribution in [3.8, 4) is 0 Å². The maximum Gasteiger partial charge on any atom is 0.378 e. The monoisotopic (exact) mass is 245 g/mol. The van der Waals surface area contributed by atoms with E-state index in [-0.39, 0.29) is 0 Å². The van der Waals surface area contributed by atoms with Crippen molar-refractivity contribution in [3.05, 3.63) is 23.6 Å². The molecule has 92 valence electrons. The second kappa shape index (κ2) is 6.12. The Morgan fingerprint density at radius 2 is 2.12 bits per heavy atom. The summed E-state index contributed by atoms with van der Waals surface area (Å²) < 4.78 is 23.0. The van der Waals surface area contributed by atoms with E-state index in [2.05, 4.69) is 0 Å². The Bertz CT molecular complexity index is 326. The molecule has 0 radical (unpaired) electrons. The van der Waals surface area contributed by atoms with Crippen molar-refractivity contribution >= 4 is 7.60 Å². The van der Waals surface area contributed by atoms with Gasteiger partial charge in [0.25, 0.3) is 0 Å². The smallest absolute Gasteiger partial charge is 0.378 e. The summed E-state index contributed by atoms with van der Waals surface area (Å²) >= 11 is 0. The lowest BCUT2D eigenvalue weighted by atomic mass is 10.1. The van der Waals surface area contributed by atoms with Gasteiger partial charge in [-0.15, -0.1) is 0 Å². The zero-order valence-electron chi connectivity index (χ0n) is 9.94. The van der Waals surface area contributed by atoms with Gasteiger partial charge in [0, 0.05) is 12.1 Å². The molecule has 1 aliphatic carbocycles. The van der Waals surface area contributed by atoms with Gasteiger partial charge in [0.15, 0.2) is 0 Å². The fraction of sp³-hybridized carbons (Fsp3) is 0.636. The van der Waals surface area contributed by atoms with E-state index in [0.29, 0.717) is 24.9 Å². The lowest BCUT2D eigenvalue weighted by Crippen LogP contribution is -2.05. The fourth-order valence-corrected chi connectivity index (χ4v) is 3.22. The second-order valence-corrected chi connectivity index (χ2v) is 5.83. The molecule has 1 aliphatic rings. The number of hydrogen-bond acceptors (Lipinski definition) is 4. The van der Waals surface area contributed by atoms with Crippen LogP contribution in [0, 0.1) is 0 Å². The van der Waals surface area contributed by atoms with Gasteiger partial charge in [0.2, 0.25) is 0 Å². The molecule has 0 saturated carbocycles. The third-order valence-electron chi connectivity index (χ3n) is 2.22. The van der Waals surface area contributed by atoms with E-state index in [9.17, 15) is 4.57 Å². The normalized spacial score (nSPS) is 19.6. The average molecular weight is 245 g/mol. The Kier molecular flexibility index (Phi) is 5.10. The summed E-state index contributed by atoms with van der Waals surface area (Å²) in [6.07, 6.45) is 6.26. The molecule has 4 nitrogen and oxygen atoms in total. The topological polar surface area (TPSA) is 61.5 Å². The van der Waals surface area contributed by atoms with Crippen LogP contribution in [-0.2, 0) is 13.6 Å². The molecule has 5 heteroatoms. The summed E-state index contributed by atoms with van der Waals surface area (Å²) in [5.41, 5.74) is 6.47. The van der Waals surface area contributed by atoms with Crippen LogP contribution in [0.3, 0.4) is 0 Å². The van der Waals surface area contributed by atoms with Crippen molar-refractivity contribution in [1.29, 1.82) is 0 Å². The van der Waals surface area contributed by atoms with Crippen LogP contribution in [-0.4, -0.2) is 12.8 Å². The highest BCUT2D eigenvalue weighted by Gasteiger charge is 2.25. The van der Waals surface area contributed by atoms with Gasteiger partial charge in [-0.05, 0) is 31.9 Å². The Balaban J connectivity index is 2.65. The van der Waals surface area contributed by atoms with Crippen LogP contribution >= 0.6 is 7.60 Å². The summed E-state index contributed by atoms with van der Waals surface area (Å²) in [5.74, 6) is 0.708. The average Bonchev–Trinajstić information content (AvgIpc) is 2.22. The number of nitrogens with two attached hydrogens (primary N) is 1. The lowest BCUT2D eigenvalue weighted by Gasteiger charge is -2.21. The van der Waals surface area contributed by atoms with Crippen LogP contribution in [0.5, 0.6) is 0 Å². The molecule has 0 fully saturated rings. The quantitative estimate of drug-likeness (QED) is 0.730. The van der Waals surface area contributed by atoms with Crippen LogP contribution in [0.15, 0.2) is 23.6 Å². The van der Waals surface area contributed by atoms with E-state index in [1.54, 1.807) is 12.2 Å².